The normalized spacial score (nSPS) is 15.0. The summed E-state index contributed by atoms with van der Waals surface area (Å²) in [6.45, 7) is 4.44. The van der Waals surface area contributed by atoms with E-state index in [1.54, 1.807) is 6.08 Å². The van der Waals surface area contributed by atoms with Crippen LogP contribution in [-0.2, 0) is 32.7 Å². The summed E-state index contributed by atoms with van der Waals surface area (Å²) in [6, 6.07) is 0. The van der Waals surface area contributed by atoms with Crippen LogP contribution >= 0.6 is 7.82 Å². The number of carbonyl (C=O) groups is 2. The van der Waals surface area contributed by atoms with Crippen LogP contribution in [0.25, 0.3) is 0 Å². The Balaban J connectivity index is 4.41. The van der Waals surface area contributed by atoms with Crippen molar-refractivity contribution in [1.82, 2.24) is 0 Å². The average Bonchev–Trinajstić information content (AvgIpc) is 3.12. The molecule has 0 rings (SSSR count). The van der Waals surface area contributed by atoms with Gasteiger partial charge in [-0.1, -0.05) is 154 Å². The molecule has 0 aliphatic heterocycles. The predicted octanol–water partition coefficient (Wildman–Crippen LogP) is 9.22. The number of unbranched alkanes of at least 4 members (excludes halogenated alkanes) is 14. The van der Waals surface area contributed by atoms with Crippen LogP contribution < -0.4 is 0 Å². The first-order chi connectivity index (χ1) is 25.5. The van der Waals surface area contributed by atoms with Gasteiger partial charge in [0.15, 0.2) is 6.10 Å². The van der Waals surface area contributed by atoms with Crippen molar-refractivity contribution in [3.63, 3.8) is 0 Å². The van der Waals surface area contributed by atoms with Crippen LogP contribution in [0, 0.1) is 5.92 Å². The lowest BCUT2D eigenvalue weighted by Gasteiger charge is -2.20. The molecule has 0 radical (unpaired) electrons. The third kappa shape index (κ3) is 36.9. The number of hydrogen-bond acceptors (Lipinski definition) is 10. The quantitative estimate of drug-likeness (QED) is 0.0156. The van der Waals surface area contributed by atoms with Gasteiger partial charge in [0.1, 0.15) is 12.7 Å². The van der Waals surface area contributed by atoms with Gasteiger partial charge in [-0.2, -0.15) is 0 Å². The van der Waals surface area contributed by atoms with Gasteiger partial charge in [-0.25, -0.2) is 4.57 Å². The summed E-state index contributed by atoms with van der Waals surface area (Å²) in [6.07, 6.45) is 30.0. The summed E-state index contributed by atoms with van der Waals surface area (Å²) in [7, 11) is -4.64. The van der Waals surface area contributed by atoms with Gasteiger partial charge in [-0.3, -0.25) is 18.6 Å². The minimum atomic E-state index is -4.64. The molecule has 11 nitrogen and oxygen atoms in total. The fourth-order valence-electron chi connectivity index (χ4n) is 5.42. The maximum atomic E-state index is 12.6. The predicted molar refractivity (Wildman–Crippen MR) is 211 cm³/mol. The Morgan fingerprint density at radius 3 is 1.75 bits per heavy atom. The van der Waals surface area contributed by atoms with Crippen LogP contribution in [-0.4, -0.2) is 76.9 Å². The minimum Gasteiger partial charge on any atom is -0.462 e. The van der Waals surface area contributed by atoms with Gasteiger partial charge in [0.05, 0.1) is 25.9 Å². The second-order valence-corrected chi connectivity index (χ2v) is 15.8. The molecule has 0 amide bonds. The number of phosphoric ester groups is 1. The average molecular weight is 775 g/mol. The minimum absolute atomic E-state index is 0.165. The summed E-state index contributed by atoms with van der Waals surface area (Å²) in [5, 5.41) is 28.4. The molecule has 0 bridgehead atoms. The Morgan fingerprint density at radius 1 is 0.660 bits per heavy atom. The first-order valence-corrected chi connectivity index (χ1v) is 21.9. The molecule has 0 saturated heterocycles. The van der Waals surface area contributed by atoms with E-state index in [4.69, 9.17) is 19.1 Å². The van der Waals surface area contributed by atoms with Crippen molar-refractivity contribution in [2.24, 2.45) is 5.92 Å². The number of hydrogen-bond donors (Lipinski definition) is 4. The van der Waals surface area contributed by atoms with Gasteiger partial charge in [0.2, 0.25) is 0 Å². The Labute approximate surface area is 321 Å². The van der Waals surface area contributed by atoms with E-state index >= 15 is 0 Å². The second-order valence-electron chi connectivity index (χ2n) is 14.3. The zero-order valence-electron chi connectivity index (χ0n) is 33.3. The van der Waals surface area contributed by atoms with E-state index in [1.165, 1.54) is 51.4 Å². The van der Waals surface area contributed by atoms with E-state index in [-0.39, 0.29) is 19.4 Å². The number of carbonyl (C=O) groups excluding carboxylic acids is 2. The molecule has 4 N–H and O–H groups in total. The molecule has 0 fully saturated rings. The van der Waals surface area contributed by atoms with Crippen LogP contribution in [0.3, 0.4) is 0 Å². The molecule has 0 aromatic heterocycles. The molecule has 4 atom stereocenters. The van der Waals surface area contributed by atoms with E-state index in [0.717, 1.165) is 63.7 Å². The number of allylic oxidation sites excluding steroid dienone is 5. The zero-order chi connectivity index (χ0) is 39.4. The van der Waals surface area contributed by atoms with E-state index in [2.05, 4.69) is 37.4 Å². The van der Waals surface area contributed by atoms with Crippen molar-refractivity contribution < 1.29 is 52.9 Å². The molecule has 0 spiro atoms. The number of aliphatic hydroxyl groups is 3. The summed E-state index contributed by atoms with van der Waals surface area (Å²) < 4.78 is 32.6. The lowest BCUT2D eigenvalue weighted by Crippen LogP contribution is -2.29. The van der Waals surface area contributed by atoms with Gasteiger partial charge < -0.3 is 29.7 Å². The third-order valence-electron chi connectivity index (χ3n) is 8.59. The molecule has 0 aromatic rings. The van der Waals surface area contributed by atoms with Gasteiger partial charge >= 0.3 is 19.8 Å². The maximum Gasteiger partial charge on any atom is 0.472 e. The number of rotatable bonds is 37. The van der Waals surface area contributed by atoms with Gasteiger partial charge in [0.25, 0.3) is 0 Å². The Kier molecular flexibility index (Phi) is 34.6. The lowest BCUT2D eigenvalue weighted by molar-refractivity contribution is -0.161. The highest BCUT2D eigenvalue weighted by Crippen LogP contribution is 2.43. The van der Waals surface area contributed by atoms with E-state index in [9.17, 15) is 29.3 Å². The summed E-state index contributed by atoms with van der Waals surface area (Å²) in [5.74, 6) is -0.211. The molecule has 310 valence electrons. The fourth-order valence-corrected chi connectivity index (χ4v) is 6.21. The zero-order valence-corrected chi connectivity index (χ0v) is 34.1. The van der Waals surface area contributed by atoms with Crippen molar-refractivity contribution in [3.8, 4) is 0 Å². The van der Waals surface area contributed by atoms with E-state index in [0.29, 0.717) is 19.3 Å². The van der Waals surface area contributed by atoms with Crippen LogP contribution in [0.2, 0.25) is 0 Å². The van der Waals surface area contributed by atoms with E-state index < -0.39 is 57.9 Å². The van der Waals surface area contributed by atoms with Gasteiger partial charge in [-0.05, 0) is 38.0 Å². The topological polar surface area (TPSA) is 169 Å². The number of esters is 2. The summed E-state index contributed by atoms with van der Waals surface area (Å²) >= 11 is 0. The molecule has 0 aliphatic rings. The monoisotopic (exact) mass is 775 g/mol. The fraction of sp³-hybridized carbons (Fsp3) is 0.805. The first kappa shape index (κ1) is 51.1. The first-order valence-electron chi connectivity index (χ1n) is 20.4. The van der Waals surface area contributed by atoms with Crippen LogP contribution in [0.1, 0.15) is 162 Å². The molecule has 53 heavy (non-hydrogen) atoms. The third-order valence-corrected chi connectivity index (χ3v) is 9.54. The molecule has 0 saturated carbocycles. The van der Waals surface area contributed by atoms with Crippen molar-refractivity contribution in [2.45, 2.75) is 180 Å². The smallest absolute Gasteiger partial charge is 0.462 e. The Bertz CT molecular complexity index is 1010. The molecule has 12 heteroatoms. The van der Waals surface area contributed by atoms with Crippen molar-refractivity contribution in [3.05, 3.63) is 36.5 Å². The van der Waals surface area contributed by atoms with Crippen molar-refractivity contribution in [1.29, 1.82) is 0 Å². The molecule has 0 aromatic carbocycles. The molecule has 0 aliphatic carbocycles. The number of aliphatic hydroxyl groups excluding tert-OH is 3. The maximum absolute atomic E-state index is 12.6. The van der Waals surface area contributed by atoms with Crippen LogP contribution in [0.4, 0.5) is 0 Å². The molecule has 2 unspecified atom stereocenters. The van der Waals surface area contributed by atoms with Crippen molar-refractivity contribution in [2.75, 3.05) is 26.4 Å². The summed E-state index contributed by atoms with van der Waals surface area (Å²) in [5.41, 5.74) is 0. The number of phosphoric acid groups is 1. The Morgan fingerprint density at radius 2 is 1.19 bits per heavy atom. The van der Waals surface area contributed by atoms with Crippen molar-refractivity contribution >= 4 is 19.8 Å². The van der Waals surface area contributed by atoms with Crippen LogP contribution in [0.15, 0.2) is 36.5 Å². The van der Waals surface area contributed by atoms with Gasteiger partial charge in [-0.15, -0.1) is 0 Å². The SMILES string of the molecule is CC/C=C/C/C=C/C=C/C(O)CCCCCCCC(=O)OC[C@H](COP(=O)(O)OC[C@@H](O)CO)OC(=O)CCCCCCCCCCCCCC(C)C. The largest absolute Gasteiger partial charge is 0.472 e. The molecule has 0 heterocycles. The highest BCUT2D eigenvalue weighted by atomic mass is 31.2. The number of ether oxygens (including phenoxy) is 2. The van der Waals surface area contributed by atoms with Gasteiger partial charge in [0, 0.05) is 12.8 Å². The van der Waals surface area contributed by atoms with Crippen LogP contribution in [0.5, 0.6) is 0 Å². The standard InChI is InChI=1S/C41H75O11P/c1-4-5-6-7-13-18-23-28-37(43)29-24-19-16-21-25-30-40(45)49-34-39(35-51-53(47,48)50-33-38(44)32-42)52-41(46)31-26-20-15-12-10-8-9-11-14-17-22-27-36(2)3/h5-6,13,18,23,28,36-39,42-44H,4,7-12,14-17,19-22,24-27,29-35H2,1-3H3,(H,47,48)/b6-5+,18-13+,28-23+/t37?,38-,39+/m0/s1. The van der Waals surface area contributed by atoms with E-state index in [1.807, 2.05) is 18.2 Å². The molecular formula is C41H75O11P. The lowest BCUT2D eigenvalue weighted by atomic mass is 10.0. The summed E-state index contributed by atoms with van der Waals surface area (Å²) in [4.78, 5) is 34.9. The second kappa shape index (κ2) is 35.8. The Hall–Kier alpha value is -1.85. The highest BCUT2D eigenvalue weighted by Gasteiger charge is 2.27. The highest BCUT2D eigenvalue weighted by molar-refractivity contribution is 7.47. The molecular weight excluding hydrogens is 699 g/mol.